The molecule has 0 unspecified atom stereocenters. The summed E-state index contributed by atoms with van der Waals surface area (Å²) in [5, 5.41) is 29.7. The van der Waals surface area contributed by atoms with E-state index in [1.54, 1.807) is 65.6 Å². The molecule has 0 aromatic rings. The van der Waals surface area contributed by atoms with Gasteiger partial charge in [0.25, 0.3) is 0 Å². The molecule has 0 N–H and O–H groups in total. The van der Waals surface area contributed by atoms with Gasteiger partial charge in [0.2, 0.25) is 0 Å². The first-order chi connectivity index (χ1) is 12.3. The first-order valence-corrected chi connectivity index (χ1v) is 12.6. The molecule has 0 fully saturated rings. The van der Waals surface area contributed by atoms with Crippen LogP contribution in [0.5, 0.6) is 0 Å². The number of carbonyl (C=O) groups is 3. The molecule has 0 saturated carbocycles. The van der Waals surface area contributed by atoms with Crippen molar-refractivity contribution in [1.82, 2.24) is 0 Å². The Morgan fingerprint density at radius 3 is 1.07 bits per heavy atom. The van der Waals surface area contributed by atoms with Crippen LogP contribution in [-0.2, 0) is 37.6 Å². The minimum atomic E-state index is -1.01. The maximum absolute atomic E-state index is 9.91. The van der Waals surface area contributed by atoms with Crippen LogP contribution < -0.4 is 15.3 Å². The molecule has 1 aliphatic rings. The van der Waals surface area contributed by atoms with Crippen LogP contribution in [0.4, 0.5) is 0 Å². The summed E-state index contributed by atoms with van der Waals surface area (Å²) in [6, 6.07) is 0. The van der Waals surface area contributed by atoms with Crippen molar-refractivity contribution >= 4 is 17.9 Å². The van der Waals surface area contributed by atoms with E-state index in [1.165, 1.54) is 6.42 Å². The quantitative estimate of drug-likeness (QED) is 0.565. The summed E-state index contributed by atoms with van der Waals surface area (Å²) < 4.78 is 4.09. The van der Waals surface area contributed by atoms with Gasteiger partial charge in [-0.3, -0.25) is 0 Å². The number of allylic oxidation sites excluding steroid dienone is 4. The van der Waals surface area contributed by atoms with E-state index in [1.807, 2.05) is 0 Å². The fourth-order valence-electron chi connectivity index (χ4n) is 0.633. The van der Waals surface area contributed by atoms with Gasteiger partial charge in [-0.25, -0.2) is 0 Å². The minimum absolute atomic E-state index is 0.0408. The van der Waals surface area contributed by atoms with Crippen molar-refractivity contribution in [2.75, 3.05) is 0 Å². The monoisotopic (exact) mass is 473 g/mol. The molecule has 1 rings (SSSR count). The van der Waals surface area contributed by atoms with Crippen LogP contribution in [0.15, 0.2) is 21.5 Å². The van der Waals surface area contributed by atoms with Gasteiger partial charge in [0.1, 0.15) is 0 Å². The first-order valence-electron chi connectivity index (χ1n) is 8.94. The van der Waals surface area contributed by atoms with Crippen LogP contribution in [0.25, 0.3) is 0 Å². The zero-order valence-corrected chi connectivity index (χ0v) is 21.3. The molecule has 0 heterocycles. The fraction of sp³-hybridized carbons (Fsp3) is 0.667. The molecule has 0 spiro atoms. The third-order valence-electron chi connectivity index (χ3n) is 2.93. The molecular weight excluding hydrogens is 439 g/mol. The Labute approximate surface area is 181 Å². The Balaban J connectivity index is -0.000000298. The Kier molecular flexibility index (Phi) is 15.6. The van der Waals surface area contributed by atoms with E-state index in [-0.39, 0.29) is 23.2 Å². The number of aliphatic carboxylic acids is 3. The van der Waals surface area contributed by atoms with E-state index in [2.05, 4.69) is 22.9 Å². The Morgan fingerprint density at radius 2 is 1.00 bits per heavy atom. The normalized spacial score (nSPS) is 12.6. The van der Waals surface area contributed by atoms with Gasteiger partial charge < -0.3 is 29.7 Å². The van der Waals surface area contributed by atoms with E-state index in [0.717, 1.165) is 0 Å². The van der Waals surface area contributed by atoms with Crippen molar-refractivity contribution in [3.05, 3.63) is 21.5 Å². The molecule has 7 heteroatoms. The number of carboxylic acids is 3. The molecule has 0 bridgehead atoms. The van der Waals surface area contributed by atoms with Gasteiger partial charge in [-0.05, 0) is 0 Å². The van der Waals surface area contributed by atoms with E-state index >= 15 is 0 Å². The van der Waals surface area contributed by atoms with E-state index in [9.17, 15) is 29.7 Å². The van der Waals surface area contributed by atoms with Crippen molar-refractivity contribution in [2.45, 2.75) is 73.4 Å². The number of hydrogen-bond acceptors (Lipinski definition) is 6. The summed E-state index contributed by atoms with van der Waals surface area (Å²) in [7, 11) is 0. The molecule has 6 nitrogen and oxygen atoms in total. The summed E-state index contributed by atoms with van der Waals surface area (Å²) in [5.41, 5.74) is -2.08. The standard InChI is InChI=1S/3C5H10O2.C5H5.CH3.Zr/c3*1-5(2,3)4(6)7;1-2-4-5-3-1;;/h3*1-3H3,(H,6,7);1-3H,4H2;1H3;/q;;;;;+3/p-3. The summed E-state index contributed by atoms with van der Waals surface area (Å²) in [5.74, 6) is -3.02. The Morgan fingerprint density at radius 1 is 0.750 bits per heavy atom. The van der Waals surface area contributed by atoms with Crippen LogP contribution in [0.2, 0.25) is 4.63 Å². The molecule has 159 valence electrons. The predicted molar refractivity (Wildman–Crippen MR) is 101 cm³/mol. The van der Waals surface area contributed by atoms with Crippen molar-refractivity contribution in [3.63, 3.8) is 0 Å². The van der Waals surface area contributed by atoms with Gasteiger partial charge in [-0.1, -0.05) is 62.3 Å². The molecule has 0 aromatic heterocycles. The number of carbonyl (C=O) groups excluding carboxylic acids is 3. The molecule has 0 aliphatic heterocycles. The topological polar surface area (TPSA) is 120 Å². The van der Waals surface area contributed by atoms with Crippen LogP contribution in [0, 0.1) is 16.2 Å². The number of carboxylic acid groups (broad SMARTS) is 3. The Hall–Kier alpha value is -1.23. The summed E-state index contributed by atoms with van der Waals surface area (Å²) in [4.78, 5) is 29.7. The third-order valence-corrected chi connectivity index (χ3v) is 5.42. The Bertz CT molecular complexity index is 498. The average molecular weight is 475 g/mol. The van der Waals surface area contributed by atoms with E-state index < -0.39 is 34.2 Å². The number of rotatable bonds is 1. The number of hydrogen-bond donors (Lipinski definition) is 0. The molecule has 0 atom stereocenters. The van der Waals surface area contributed by atoms with Crippen molar-refractivity contribution < 1.29 is 52.9 Å². The van der Waals surface area contributed by atoms with Gasteiger partial charge >= 0.3 is 55.8 Å². The van der Waals surface area contributed by atoms with Crippen molar-refractivity contribution in [1.29, 1.82) is 0 Å². The summed E-state index contributed by atoms with van der Waals surface area (Å²) in [6.07, 6.45) is 7.94. The van der Waals surface area contributed by atoms with Crippen molar-refractivity contribution in [2.24, 2.45) is 16.2 Å². The molecule has 28 heavy (non-hydrogen) atoms. The van der Waals surface area contributed by atoms with Gasteiger partial charge in [0.05, 0.1) is 0 Å². The van der Waals surface area contributed by atoms with Crippen LogP contribution >= 0.6 is 0 Å². The third kappa shape index (κ3) is 21.1. The van der Waals surface area contributed by atoms with Gasteiger partial charge in [0, 0.05) is 34.2 Å². The zero-order valence-electron chi connectivity index (χ0n) is 18.9. The second-order valence-electron chi connectivity index (χ2n) is 9.19. The second-order valence-corrected chi connectivity index (χ2v) is 12.0. The first kappa shape index (κ1) is 31.5. The molecule has 0 radical (unpaired) electrons. The molecule has 0 aromatic carbocycles. The SMILES string of the molecule is CC(C)(C)C(=O)[O-].CC(C)(C)C(=O)[O-].CC(C)(C)C(=O)[O-].[CH3][Zr+3][C]1=CC=CC1. The molecule has 1 aliphatic carbocycles. The zero-order chi connectivity index (χ0) is 23.3. The average Bonchev–Trinajstić information content (AvgIpc) is 2.99. The van der Waals surface area contributed by atoms with Crippen molar-refractivity contribution in [3.8, 4) is 0 Å². The van der Waals surface area contributed by atoms with E-state index in [0.29, 0.717) is 0 Å². The molecule has 0 saturated heterocycles. The van der Waals surface area contributed by atoms with E-state index in [4.69, 9.17) is 0 Å². The van der Waals surface area contributed by atoms with Crippen LogP contribution in [-0.4, -0.2) is 17.9 Å². The predicted octanol–water partition coefficient (Wildman–Crippen LogP) is 1.31. The fourth-order valence-corrected chi connectivity index (χ4v) is 2.07. The van der Waals surface area contributed by atoms with Crippen LogP contribution in [0.3, 0.4) is 0 Å². The summed E-state index contributed by atoms with van der Waals surface area (Å²) >= 11 is -0.0408. The summed E-state index contributed by atoms with van der Waals surface area (Å²) in [6.45, 7) is 14.4. The maximum atomic E-state index is 9.91. The van der Waals surface area contributed by atoms with Gasteiger partial charge in [-0.2, -0.15) is 0 Å². The van der Waals surface area contributed by atoms with Gasteiger partial charge in [0.15, 0.2) is 0 Å². The molecule has 0 amide bonds. The second kappa shape index (κ2) is 13.9. The molecular formula is C21H35O6Zr. The van der Waals surface area contributed by atoms with Gasteiger partial charge in [-0.15, -0.1) is 0 Å². The van der Waals surface area contributed by atoms with Crippen LogP contribution in [0.1, 0.15) is 68.7 Å².